The lowest BCUT2D eigenvalue weighted by molar-refractivity contribution is 0.0950. The number of nitrogens with zero attached hydrogens (tertiary/aromatic N) is 6. The average Bonchev–Trinajstić information content (AvgIpc) is 3.46. The van der Waals surface area contributed by atoms with Crippen LogP contribution < -0.4 is 15.9 Å². The summed E-state index contributed by atoms with van der Waals surface area (Å²) in [4.78, 5) is 12.8. The Morgan fingerprint density at radius 2 is 1.97 bits per heavy atom. The van der Waals surface area contributed by atoms with Crippen molar-refractivity contribution in [2.75, 3.05) is 12.3 Å². The first-order valence-corrected chi connectivity index (χ1v) is 10.00. The summed E-state index contributed by atoms with van der Waals surface area (Å²) < 4.78 is 11.4. The second kappa shape index (κ2) is 10.0. The smallest absolute Gasteiger partial charge is 0.294 e. The van der Waals surface area contributed by atoms with E-state index in [0.29, 0.717) is 23.6 Å². The number of allylic oxidation sites excluding steroid dienone is 1. The minimum atomic E-state index is -0.565. The average molecular weight is 444 g/mol. The van der Waals surface area contributed by atoms with E-state index in [1.807, 2.05) is 43.3 Å². The molecule has 166 valence electrons. The van der Waals surface area contributed by atoms with Crippen molar-refractivity contribution in [3.8, 4) is 22.8 Å². The van der Waals surface area contributed by atoms with E-state index in [0.717, 1.165) is 5.56 Å². The van der Waals surface area contributed by atoms with Gasteiger partial charge in [0, 0.05) is 11.8 Å². The Kier molecular flexibility index (Phi) is 6.50. The van der Waals surface area contributed by atoms with Crippen molar-refractivity contribution >= 4 is 24.0 Å². The maximum Gasteiger partial charge on any atom is 0.294 e. The van der Waals surface area contributed by atoms with Crippen LogP contribution in [-0.2, 0) is 0 Å². The highest BCUT2D eigenvalue weighted by atomic mass is 16.6. The molecule has 0 fully saturated rings. The van der Waals surface area contributed by atoms with Gasteiger partial charge in [0.1, 0.15) is 11.4 Å². The first kappa shape index (κ1) is 21.4. The fourth-order valence-electron chi connectivity index (χ4n) is 2.97. The summed E-state index contributed by atoms with van der Waals surface area (Å²) in [6, 6.07) is 16.8. The van der Waals surface area contributed by atoms with Crippen LogP contribution in [0.25, 0.3) is 23.2 Å². The second-order valence-electron chi connectivity index (χ2n) is 6.62. The zero-order chi connectivity index (χ0) is 23.0. The molecule has 11 nitrogen and oxygen atoms in total. The van der Waals surface area contributed by atoms with Crippen LogP contribution in [0, 0.1) is 0 Å². The fraction of sp³-hybridized carbons (Fsp3) is 0.0909. The van der Waals surface area contributed by atoms with Crippen LogP contribution in [0.4, 0.5) is 5.82 Å². The molecule has 0 atom stereocenters. The molecule has 0 aliphatic carbocycles. The molecule has 4 rings (SSSR count). The lowest BCUT2D eigenvalue weighted by Crippen LogP contribution is -2.19. The van der Waals surface area contributed by atoms with E-state index in [2.05, 4.69) is 35.8 Å². The van der Waals surface area contributed by atoms with Crippen LogP contribution in [0.15, 0.2) is 70.4 Å². The minimum absolute atomic E-state index is 0.00288. The molecule has 1 amide bonds. The van der Waals surface area contributed by atoms with Crippen molar-refractivity contribution in [3.63, 3.8) is 0 Å². The summed E-state index contributed by atoms with van der Waals surface area (Å²) in [5.41, 5.74) is 10.3. The first-order chi connectivity index (χ1) is 16.2. The van der Waals surface area contributed by atoms with Crippen LogP contribution in [0.2, 0.25) is 0 Å². The van der Waals surface area contributed by atoms with Gasteiger partial charge in [-0.05, 0) is 53.1 Å². The molecule has 0 bridgehead atoms. The Bertz CT molecular complexity index is 1280. The van der Waals surface area contributed by atoms with Crippen LogP contribution in [0.5, 0.6) is 5.75 Å². The van der Waals surface area contributed by atoms with Crippen molar-refractivity contribution in [2.45, 2.75) is 6.92 Å². The Morgan fingerprint density at radius 1 is 1.18 bits per heavy atom. The number of rotatable bonds is 8. The predicted molar refractivity (Wildman–Crippen MR) is 122 cm³/mol. The highest BCUT2D eigenvalue weighted by Gasteiger charge is 2.25. The molecular weight excluding hydrogens is 424 g/mol. The Hall–Kier alpha value is -4.80. The fourth-order valence-corrected chi connectivity index (χ4v) is 2.97. The second-order valence-corrected chi connectivity index (χ2v) is 6.62. The molecule has 0 radical (unpaired) electrons. The normalized spacial score (nSPS) is 11.3. The third kappa shape index (κ3) is 4.93. The van der Waals surface area contributed by atoms with Gasteiger partial charge < -0.3 is 10.5 Å². The largest absolute Gasteiger partial charge is 0.494 e. The number of carbonyl (C=O) groups is 1. The van der Waals surface area contributed by atoms with E-state index in [-0.39, 0.29) is 17.3 Å². The van der Waals surface area contributed by atoms with Crippen molar-refractivity contribution in [1.29, 1.82) is 0 Å². The lowest BCUT2D eigenvalue weighted by Gasteiger charge is -2.07. The molecular formula is C22H20N8O3. The summed E-state index contributed by atoms with van der Waals surface area (Å²) in [5, 5.41) is 19.3. The number of aromatic nitrogens is 5. The topological polar surface area (TPSA) is 146 Å². The monoisotopic (exact) mass is 444 g/mol. The number of anilines is 1. The van der Waals surface area contributed by atoms with Gasteiger partial charge in [-0.25, -0.2) is 10.1 Å². The quantitative estimate of drug-likeness (QED) is 0.311. The first-order valence-electron chi connectivity index (χ1n) is 10.00. The Labute approximate surface area is 188 Å². The third-order valence-corrected chi connectivity index (χ3v) is 4.44. The van der Waals surface area contributed by atoms with Crippen molar-refractivity contribution < 1.29 is 14.2 Å². The van der Waals surface area contributed by atoms with Crippen molar-refractivity contribution in [3.05, 3.63) is 71.9 Å². The van der Waals surface area contributed by atoms with Gasteiger partial charge in [-0.15, -0.1) is 5.10 Å². The molecule has 0 aliphatic heterocycles. The molecule has 0 spiro atoms. The van der Waals surface area contributed by atoms with Crippen molar-refractivity contribution in [2.24, 2.45) is 5.10 Å². The van der Waals surface area contributed by atoms with Gasteiger partial charge >= 0.3 is 0 Å². The minimum Gasteiger partial charge on any atom is -0.494 e. The third-order valence-electron chi connectivity index (χ3n) is 4.44. The van der Waals surface area contributed by atoms with Gasteiger partial charge in [0.05, 0.1) is 6.61 Å². The summed E-state index contributed by atoms with van der Waals surface area (Å²) in [7, 11) is 0. The van der Waals surface area contributed by atoms with Gasteiger partial charge in [0.15, 0.2) is 5.69 Å². The maximum absolute atomic E-state index is 12.8. The van der Waals surface area contributed by atoms with Gasteiger partial charge in [0.2, 0.25) is 11.6 Å². The standard InChI is InChI=1S/C22H20N8O3/c1-2-32-17-12-10-16(11-13-17)19-18(25-29-30(19)21-20(23)27-33-28-21)22(31)26-24-14-6-9-15-7-4-3-5-8-15/h3-14H,2H2,1H3,(H2,23,27)(H,26,31)/b9-6+,24-14+. The molecule has 33 heavy (non-hydrogen) atoms. The number of nitrogens with two attached hydrogens (primary N) is 1. The highest BCUT2D eigenvalue weighted by Crippen LogP contribution is 2.28. The van der Waals surface area contributed by atoms with E-state index >= 15 is 0 Å². The van der Waals surface area contributed by atoms with E-state index in [4.69, 9.17) is 10.5 Å². The molecule has 4 aromatic rings. The van der Waals surface area contributed by atoms with Gasteiger partial charge in [-0.3, -0.25) is 4.79 Å². The number of benzene rings is 2. The molecule has 0 saturated carbocycles. The SMILES string of the molecule is CCOc1ccc(-c2c(C(=O)N/N=C/C=C/c3ccccc3)nnn2-c2nonc2N)cc1. The number of carbonyl (C=O) groups excluding carboxylic acids is 1. The van der Waals surface area contributed by atoms with Crippen LogP contribution in [0.1, 0.15) is 23.0 Å². The molecule has 2 aromatic carbocycles. The number of hydrazone groups is 1. The van der Waals surface area contributed by atoms with E-state index in [9.17, 15) is 4.79 Å². The molecule has 0 unspecified atom stereocenters. The van der Waals surface area contributed by atoms with Crippen LogP contribution in [-0.4, -0.2) is 44.0 Å². The van der Waals surface area contributed by atoms with Crippen LogP contribution in [0.3, 0.4) is 0 Å². The Balaban J connectivity index is 1.60. The van der Waals surface area contributed by atoms with E-state index < -0.39 is 5.91 Å². The van der Waals surface area contributed by atoms with Crippen molar-refractivity contribution in [1.82, 2.24) is 30.7 Å². The summed E-state index contributed by atoms with van der Waals surface area (Å²) in [6.45, 7) is 2.43. The number of nitrogens with one attached hydrogen (secondary N) is 1. The van der Waals surface area contributed by atoms with Gasteiger partial charge in [-0.1, -0.05) is 41.6 Å². The summed E-state index contributed by atoms with van der Waals surface area (Å²) in [6.07, 6.45) is 5.03. The molecule has 0 aliphatic rings. The number of hydrogen-bond acceptors (Lipinski definition) is 9. The zero-order valence-electron chi connectivity index (χ0n) is 17.6. The van der Waals surface area contributed by atoms with E-state index in [1.165, 1.54) is 10.9 Å². The molecule has 2 heterocycles. The summed E-state index contributed by atoms with van der Waals surface area (Å²) >= 11 is 0. The van der Waals surface area contributed by atoms with Gasteiger partial charge in [0.25, 0.3) is 5.91 Å². The molecule has 3 N–H and O–H groups in total. The maximum atomic E-state index is 12.8. The van der Waals surface area contributed by atoms with Crippen LogP contribution >= 0.6 is 0 Å². The number of ether oxygens (including phenoxy) is 1. The number of nitrogen functional groups attached to an aromatic ring is 1. The zero-order valence-corrected chi connectivity index (χ0v) is 17.6. The Morgan fingerprint density at radius 3 is 2.67 bits per heavy atom. The van der Waals surface area contributed by atoms with Gasteiger partial charge in [-0.2, -0.15) is 9.78 Å². The van der Waals surface area contributed by atoms with E-state index in [1.54, 1.807) is 30.3 Å². The number of hydrogen-bond donors (Lipinski definition) is 2. The predicted octanol–water partition coefficient (Wildman–Crippen LogP) is 2.73. The summed E-state index contributed by atoms with van der Waals surface area (Å²) in [5.74, 6) is 0.232. The highest BCUT2D eigenvalue weighted by molar-refractivity contribution is 5.98. The molecule has 11 heteroatoms. The lowest BCUT2D eigenvalue weighted by atomic mass is 10.1. The molecule has 2 aromatic heterocycles. The molecule has 0 saturated heterocycles. The number of amides is 1.